The van der Waals surface area contributed by atoms with Crippen LogP contribution in [0.5, 0.6) is 0 Å². The maximum absolute atomic E-state index is 11.8. The Balaban J connectivity index is 0. The smallest absolute Gasteiger partial charge is 0.246 e. The molecule has 0 aliphatic carbocycles. The molecule has 0 atom stereocenters. The number of amides is 2. The van der Waals surface area contributed by atoms with Gasteiger partial charge in [0.2, 0.25) is 11.8 Å². The predicted molar refractivity (Wildman–Crippen MR) is 99.0 cm³/mol. The van der Waals surface area contributed by atoms with E-state index < -0.39 is 0 Å². The highest BCUT2D eigenvalue weighted by Gasteiger charge is 2.06. The molecule has 1 heterocycles. The third kappa shape index (κ3) is 10.5. The van der Waals surface area contributed by atoms with Crippen LogP contribution < -0.4 is 10.6 Å². The Labute approximate surface area is 152 Å². The Morgan fingerprint density at radius 1 is 1.24 bits per heavy atom. The van der Waals surface area contributed by atoms with E-state index in [0.29, 0.717) is 25.9 Å². The normalized spacial score (nSPS) is 10.9. The van der Waals surface area contributed by atoms with Crippen molar-refractivity contribution in [3.05, 3.63) is 11.9 Å². The molecular weight excluding hydrogens is 322 g/mol. The Kier molecular flexibility index (Phi) is 10.5. The lowest BCUT2D eigenvalue weighted by atomic mass is 10.2. The zero-order chi connectivity index (χ0) is 18.5. The summed E-state index contributed by atoms with van der Waals surface area (Å²) in [5, 5.41) is 13.6. The van der Waals surface area contributed by atoms with Gasteiger partial charge in [0.05, 0.1) is 18.8 Å². The predicted octanol–water partition coefficient (Wildman–Crippen LogP) is 1.90. The van der Waals surface area contributed by atoms with Crippen molar-refractivity contribution in [2.75, 3.05) is 13.2 Å². The van der Waals surface area contributed by atoms with Gasteiger partial charge in [-0.15, -0.1) is 5.10 Å². The van der Waals surface area contributed by atoms with E-state index in [1.54, 1.807) is 0 Å². The fourth-order valence-electron chi connectivity index (χ4n) is 2.10. The van der Waals surface area contributed by atoms with E-state index in [2.05, 4.69) is 27.9 Å². The fraction of sp³-hybridized carbons (Fsp3) is 0.765. The third-order valence-corrected chi connectivity index (χ3v) is 3.49. The zero-order valence-electron chi connectivity index (χ0n) is 15.6. The number of unbranched alkanes of at least 4 members (excludes halogenated alkanes) is 2. The molecule has 0 aromatic carbocycles. The number of hydrogen-bond acceptors (Lipinski definition) is 5. The minimum Gasteiger partial charge on any atom is -0.369 e. The summed E-state index contributed by atoms with van der Waals surface area (Å²) in [5.74, 6) is -0.220. The van der Waals surface area contributed by atoms with E-state index >= 15 is 0 Å². The van der Waals surface area contributed by atoms with Gasteiger partial charge in [0.15, 0.2) is 0 Å². The topological polar surface area (TPSA) is 98.1 Å². The number of rotatable bonds is 13. The van der Waals surface area contributed by atoms with Crippen molar-refractivity contribution in [2.24, 2.45) is 0 Å². The molecule has 0 unspecified atom stereocenters. The quantitative estimate of drug-likeness (QED) is 0.525. The van der Waals surface area contributed by atoms with Crippen molar-refractivity contribution in [1.82, 2.24) is 25.6 Å². The summed E-state index contributed by atoms with van der Waals surface area (Å²) in [4.78, 5) is 23.2. The standard InChI is InChI=1S/C17H31N5O3.2H2/c1-4-5-6-10-22-12-15(20-21-22)11-19-16(23)8-7-9-18-17(24)13-25-14(2)3;;/h12,14H,4-11,13H2,1-3H3,(H,18,24)(H,19,23);2*1H. The number of aryl methyl sites for hydroxylation is 1. The summed E-state index contributed by atoms with van der Waals surface area (Å²) in [6.07, 6.45) is 6.26. The molecule has 0 saturated heterocycles. The molecule has 0 radical (unpaired) electrons. The van der Waals surface area contributed by atoms with Gasteiger partial charge in [0.25, 0.3) is 0 Å². The van der Waals surface area contributed by atoms with Gasteiger partial charge in [-0.25, -0.2) is 0 Å². The van der Waals surface area contributed by atoms with Gasteiger partial charge in [-0.1, -0.05) is 25.0 Å². The van der Waals surface area contributed by atoms with Gasteiger partial charge >= 0.3 is 0 Å². The van der Waals surface area contributed by atoms with Crippen molar-refractivity contribution in [3.63, 3.8) is 0 Å². The first kappa shape index (κ1) is 21.1. The Hall–Kier alpha value is -1.96. The van der Waals surface area contributed by atoms with Gasteiger partial charge in [0.1, 0.15) is 12.3 Å². The first-order valence-electron chi connectivity index (χ1n) is 9.05. The number of carbonyl (C=O) groups is 2. The maximum Gasteiger partial charge on any atom is 0.246 e. The third-order valence-electron chi connectivity index (χ3n) is 3.49. The number of aromatic nitrogens is 3. The minimum absolute atomic E-state index is 0. The van der Waals surface area contributed by atoms with E-state index in [0.717, 1.165) is 18.7 Å². The molecule has 0 spiro atoms. The van der Waals surface area contributed by atoms with Crippen LogP contribution >= 0.6 is 0 Å². The van der Waals surface area contributed by atoms with Crippen LogP contribution in [0.4, 0.5) is 0 Å². The summed E-state index contributed by atoms with van der Waals surface area (Å²) in [6.45, 7) is 7.66. The first-order valence-corrected chi connectivity index (χ1v) is 9.05. The number of nitrogens with zero attached hydrogens (tertiary/aromatic N) is 3. The lowest BCUT2D eigenvalue weighted by molar-refractivity contribution is -0.127. The van der Waals surface area contributed by atoms with Crippen LogP contribution in [0.25, 0.3) is 0 Å². The van der Waals surface area contributed by atoms with E-state index in [4.69, 9.17) is 4.74 Å². The van der Waals surface area contributed by atoms with Crippen molar-refractivity contribution in [3.8, 4) is 0 Å². The van der Waals surface area contributed by atoms with Crippen molar-refractivity contribution in [1.29, 1.82) is 0 Å². The second kappa shape index (κ2) is 12.4. The lowest BCUT2D eigenvalue weighted by Gasteiger charge is -2.08. The van der Waals surface area contributed by atoms with Crippen LogP contribution in [0.1, 0.15) is 61.4 Å². The molecule has 0 fully saturated rings. The van der Waals surface area contributed by atoms with Crippen molar-refractivity contribution >= 4 is 11.8 Å². The van der Waals surface area contributed by atoms with E-state index in [1.165, 1.54) is 12.8 Å². The maximum atomic E-state index is 11.8. The molecular formula is C17H35N5O3. The SMILES string of the molecule is CCCCCn1cc(CNC(=O)CCCNC(=O)COC(C)C)nn1.[HH].[HH]. The van der Waals surface area contributed by atoms with Gasteiger partial charge in [-0.3, -0.25) is 14.3 Å². The van der Waals surface area contributed by atoms with Gasteiger partial charge < -0.3 is 15.4 Å². The molecule has 2 amide bonds. The monoisotopic (exact) mass is 357 g/mol. The summed E-state index contributed by atoms with van der Waals surface area (Å²) in [5.41, 5.74) is 0.754. The van der Waals surface area contributed by atoms with E-state index in [9.17, 15) is 9.59 Å². The van der Waals surface area contributed by atoms with Gasteiger partial charge in [-0.2, -0.15) is 0 Å². The molecule has 0 aliphatic rings. The largest absolute Gasteiger partial charge is 0.369 e. The van der Waals surface area contributed by atoms with Crippen LogP contribution in [0, 0.1) is 0 Å². The Morgan fingerprint density at radius 3 is 2.76 bits per heavy atom. The van der Waals surface area contributed by atoms with Crippen molar-refractivity contribution in [2.45, 2.75) is 72.1 Å². The fourth-order valence-corrected chi connectivity index (χ4v) is 2.10. The second-order valence-electron chi connectivity index (χ2n) is 6.27. The highest BCUT2D eigenvalue weighted by molar-refractivity contribution is 5.77. The first-order chi connectivity index (χ1) is 12.0. The Bertz CT molecular complexity index is 526. The zero-order valence-corrected chi connectivity index (χ0v) is 15.6. The van der Waals surface area contributed by atoms with Crippen LogP contribution in [0.3, 0.4) is 0 Å². The molecule has 1 aromatic heterocycles. The second-order valence-corrected chi connectivity index (χ2v) is 6.27. The molecule has 0 aliphatic heterocycles. The number of ether oxygens (including phenoxy) is 1. The number of carbonyl (C=O) groups excluding carboxylic acids is 2. The molecule has 0 bridgehead atoms. The van der Waals surface area contributed by atoms with E-state index in [-0.39, 0.29) is 27.4 Å². The molecule has 146 valence electrons. The van der Waals surface area contributed by atoms with E-state index in [1.807, 2.05) is 24.7 Å². The molecule has 25 heavy (non-hydrogen) atoms. The van der Waals surface area contributed by atoms with Gasteiger partial charge in [-0.05, 0) is 26.7 Å². The summed E-state index contributed by atoms with van der Waals surface area (Å²) in [6, 6.07) is 0. The average Bonchev–Trinajstić information content (AvgIpc) is 3.03. The Morgan fingerprint density at radius 2 is 2.04 bits per heavy atom. The summed E-state index contributed by atoms with van der Waals surface area (Å²) in [7, 11) is 0. The minimum atomic E-state index is -0.159. The molecule has 8 nitrogen and oxygen atoms in total. The summed E-state index contributed by atoms with van der Waals surface area (Å²) >= 11 is 0. The molecule has 1 rings (SSSR count). The molecule has 8 heteroatoms. The van der Waals surface area contributed by atoms with Crippen LogP contribution in [0.2, 0.25) is 0 Å². The molecule has 2 N–H and O–H groups in total. The van der Waals surface area contributed by atoms with Crippen LogP contribution in [0.15, 0.2) is 6.20 Å². The van der Waals surface area contributed by atoms with Crippen LogP contribution in [-0.4, -0.2) is 46.1 Å². The highest BCUT2D eigenvalue weighted by atomic mass is 16.5. The number of hydrogen-bond donors (Lipinski definition) is 2. The molecule has 1 aromatic rings. The average molecular weight is 357 g/mol. The lowest BCUT2D eigenvalue weighted by Crippen LogP contribution is -2.30. The highest BCUT2D eigenvalue weighted by Crippen LogP contribution is 1.99. The molecule has 0 saturated carbocycles. The van der Waals surface area contributed by atoms with Crippen LogP contribution in [-0.2, 0) is 27.4 Å². The van der Waals surface area contributed by atoms with Crippen molar-refractivity contribution < 1.29 is 17.2 Å². The van der Waals surface area contributed by atoms with Gasteiger partial charge in [0, 0.05) is 22.4 Å². The number of nitrogens with one attached hydrogen (secondary N) is 2. The summed E-state index contributed by atoms with van der Waals surface area (Å²) < 4.78 is 7.01.